The van der Waals surface area contributed by atoms with E-state index >= 15 is 0 Å². The zero-order chi connectivity index (χ0) is 19.4. The van der Waals surface area contributed by atoms with Crippen molar-refractivity contribution in [1.29, 1.82) is 0 Å². The number of primary amides is 1. The molecule has 3 rings (SSSR count). The van der Waals surface area contributed by atoms with E-state index in [2.05, 4.69) is 17.2 Å². The maximum Gasteiger partial charge on any atom is 0.256 e. The van der Waals surface area contributed by atoms with E-state index in [4.69, 9.17) is 10.2 Å². The van der Waals surface area contributed by atoms with Crippen molar-refractivity contribution in [3.05, 3.63) is 65.4 Å². The summed E-state index contributed by atoms with van der Waals surface area (Å²) in [6.07, 6.45) is 1.65. The highest BCUT2D eigenvalue weighted by atomic mass is 32.2. The van der Waals surface area contributed by atoms with Crippen LogP contribution in [0.4, 0.5) is 5.69 Å². The van der Waals surface area contributed by atoms with Crippen LogP contribution in [0.15, 0.2) is 58.3 Å². The Bertz CT molecular complexity index is 998. The van der Waals surface area contributed by atoms with E-state index in [1.165, 1.54) is 22.9 Å². The fourth-order valence-corrected chi connectivity index (χ4v) is 3.08. The third-order valence-electron chi connectivity index (χ3n) is 4.07. The van der Waals surface area contributed by atoms with Crippen LogP contribution >= 0.6 is 11.8 Å². The van der Waals surface area contributed by atoms with Crippen molar-refractivity contribution in [1.82, 2.24) is 4.98 Å². The Morgan fingerprint density at radius 1 is 1.15 bits per heavy atom. The van der Waals surface area contributed by atoms with E-state index in [1.807, 2.05) is 25.1 Å². The van der Waals surface area contributed by atoms with Gasteiger partial charge < -0.3 is 15.5 Å². The van der Waals surface area contributed by atoms with Gasteiger partial charge in [0.1, 0.15) is 0 Å². The average molecular weight is 381 g/mol. The van der Waals surface area contributed by atoms with Gasteiger partial charge >= 0.3 is 0 Å². The maximum atomic E-state index is 12.2. The smallest absolute Gasteiger partial charge is 0.256 e. The van der Waals surface area contributed by atoms with Crippen molar-refractivity contribution in [2.45, 2.75) is 19.1 Å². The molecule has 0 saturated carbocycles. The molecule has 6 nitrogen and oxygen atoms in total. The molecule has 7 heteroatoms. The number of anilines is 1. The lowest BCUT2D eigenvalue weighted by molar-refractivity contribution is -0.113. The Morgan fingerprint density at radius 3 is 2.67 bits per heavy atom. The molecule has 0 aliphatic rings. The summed E-state index contributed by atoms with van der Waals surface area (Å²) < 4.78 is 5.72. The molecule has 0 spiro atoms. The summed E-state index contributed by atoms with van der Waals surface area (Å²) in [6.45, 7) is 4.09. The third kappa shape index (κ3) is 4.57. The molecule has 0 aliphatic carbocycles. The number of amides is 2. The Morgan fingerprint density at radius 2 is 1.93 bits per heavy atom. The fraction of sp³-hybridized carbons (Fsp3) is 0.150. The Balaban J connectivity index is 1.62. The highest BCUT2D eigenvalue weighted by Crippen LogP contribution is 2.27. The second kappa shape index (κ2) is 8.09. The molecule has 3 aromatic rings. The Hall–Kier alpha value is -3.06. The lowest BCUT2D eigenvalue weighted by Crippen LogP contribution is -2.19. The predicted molar refractivity (Wildman–Crippen MR) is 106 cm³/mol. The van der Waals surface area contributed by atoms with Crippen LogP contribution in [-0.4, -0.2) is 22.6 Å². The van der Waals surface area contributed by atoms with Gasteiger partial charge in [-0.25, -0.2) is 4.98 Å². The number of thioether (sulfide) groups is 1. The molecule has 0 saturated heterocycles. The maximum absolute atomic E-state index is 12.2. The van der Waals surface area contributed by atoms with Gasteiger partial charge in [0.2, 0.25) is 5.91 Å². The third-order valence-corrected chi connectivity index (χ3v) is 4.91. The molecule has 0 fully saturated rings. The van der Waals surface area contributed by atoms with Crippen LogP contribution < -0.4 is 11.1 Å². The molecule has 0 aliphatic heterocycles. The standard InChI is InChI=1S/C20H19N3O3S/c1-12-7-8-14(9-13(12)2)17-10-22-20(26-17)27-11-18(24)23-16-6-4-3-5-15(16)19(21)25/h3-10H,11H2,1-2H3,(H2,21,25)(H,23,24). The molecule has 138 valence electrons. The molecule has 1 aromatic heterocycles. The zero-order valence-corrected chi connectivity index (χ0v) is 15.8. The molecule has 2 aromatic carbocycles. The molecular weight excluding hydrogens is 362 g/mol. The number of para-hydroxylation sites is 1. The van der Waals surface area contributed by atoms with Crippen LogP contribution in [0.1, 0.15) is 21.5 Å². The first kappa shape index (κ1) is 18.7. The van der Waals surface area contributed by atoms with Crippen LogP contribution in [0.25, 0.3) is 11.3 Å². The summed E-state index contributed by atoms with van der Waals surface area (Å²) >= 11 is 1.18. The first-order valence-electron chi connectivity index (χ1n) is 8.29. The van der Waals surface area contributed by atoms with Crippen LogP contribution in [0.2, 0.25) is 0 Å². The van der Waals surface area contributed by atoms with Gasteiger partial charge in [-0.1, -0.05) is 36.0 Å². The normalized spacial score (nSPS) is 10.6. The molecule has 0 radical (unpaired) electrons. The summed E-state index contributed by atoms with van der Waals surface area (Å²) in [5, 5.41) is 3.09. The van der Waals surface area contributed by atoms with Crippen LogP contribution in [0.3, 0.4) is 0 Å². The summed E-state index contributed by atoms with van der Waals surface area (Å²) in [7, 11) is 0. The second-order valence-corrected chi connectivity index (χ2v) is 6.96. The number of benzene rings is 2. The van der Waals surface area contributed by atoms with Crippen LogP contribution in [-0.2, 0) is 4.79 Å². The van der Waals surface area contributed by atoms with Crippen LogP contribution in [0.5, 0.6) is 0 Å². The quantitative estimate of drug-likeness (QED) is 0.633. The number of carbonyl (C=O) groups excluding carboxylic acids is 2. The number of hydrogen-bond acceptors (Lipinski definition) is 5. The average Bonchev–Trinajstić information content (AvgIpc) is 3.11. The lowest BCUT2D eigenvalue weighted by Gasteiger charge is -2.07. The number of nitrogens with one attached hydrogen (secondary N) is 1. The summed E-state index contributed by atoms with van der Waals surface area (Å²) in [5.74, 6) is -0.121. The van der Waals surface area contributed by atoms with Crippen molar-refractivity contribution < 1.29 is 14.0 Å². The number of aryl methyl sites for hydroxylation is 2. The number of hydrogen-bond donors (Lipinski definition) is 2. The summed E-state index contributed by atoms with van der Waals surface area (Å²) in [6, 6.07) is 12.7. The molecule has 27 heavy (non-hydrogen) atoms. The van der Waals surface area contributed by atoms with Gasteiger partial charge in [0.25, 0.3) is 11.1 Å². The fourth-order valence-electron chi connectivity index (χ4n) is 2.47. The number of nitrogens with two attached hydrogens (primary N) is 1. The molecule has 0 unspecified atom stereocenters. The van der Waals surface area contributed by atoms with Gasteiger partial charge in [-0.3, -0.25) is 9.59 Å². The number of oxazole rings is 1. The first-order valence-corrected chi connectivity index (χ1v) is 9.27. The summed E-state index contributed by atoms with van der Waals surface area (Å²) in [4.78, 5) is 27.8. The number of aromatic nitrogens is 1. The molecular formula is C20H19N3O3S. The molecule has 0 atom stereocenters. The number of carbonyl (C=O) groups is 2. The van der Waals surface area contributed by atoms with Crippen LogP contribution in [0, 0.1) is 13.8 Å². The molecule has 2 amide bonds. The number of rotatable bonds is 6. The van der Waals surface area contributed by atoms with E-state index < -0.39 is 5.91 Å². The van der Waals surface area contributed by atoms with Gasteiger partial charge in [-0.05, 0) is 43.2 Å². The van der Waals surface area contributed by atoms with Crippen molar-refractivity contribution >= 4 is 29.3 Å². The van der Waals surface area contributed by atoms with E-state index in [1.54, 1.807) is 30.5 Å². The predicted octanol–water partition coefficient (Wildman–Crippen LogP) is 3.79. The minimum atomic E-state index is -0.593. The van der Waals surface area contributed by atoms with E-state index in [0.29, 0.717) is 16.7 Å². The highest BCUT2D eigenvalue weighted by molar-refractivity contribution is 7.99. The Kier molecular flexibility index (Phi) is 5.61. The topological polar surface area (TPSA) is 98.2 Å². The summed E-state index contributed by atoms with van der Waals surface area (Å²) in [5.41, 5.74) is 9.29. The molecule has 3 N–H and O–H groups in total. The van der Waals surface area contributed by atoms with Crippen molar-refractivity contribution in [3.63, 3.8) is 0 Å². The van der Waals surface area contributed by atoms with E-state index in [0.717, 1.165) is 5.56 Å². The second-order valence-electron chi connectivity index (χ2n) is 6.04. The highest BCUT2D eigenvalue weighted by Gasteiger charge is 2.13. The SMILES string of the molecule is Cc1ccc(-c2cnc(SCC(=O)Nc3ccccc3C(N)=O)o2)cc1C. The monoisotopic (exact) mass is 381 g/mol. The van der Waals surface area contributed by atoms with E-state index in [-0.39, 0.29) is 17.2 Å². The van der Waals surface area contributed by atoms with Gasteiger partial charge in [-0.15, -0.1) is 0 Å². The Labute approximate surface area is 161 Å². The van der Waals surface area contributed by atoms with Crippen molar-refractivity contribution in [2.75, 3.05) is 11.1 Å². The molecule has 1 heterocycles. The minimum absolute atomic E-state index is 0.0972. The lowest BCUT2D eigenvalue weighted by atomic mass is 10.1. The van der Waals surface area contributed by atoms with Gasteiger partial charge in [-0.2, -0.15) is 0 Å². The largest absolute Gasteiger partial charge is 0.431 e. The minimum Gasteiger partial charge on any atom is -0.431 e. The first-order chi connectivity index (χ1) is 12.9. The van der Waals surface area contributed by atoms with E-state index in [9.17, 15) is 9.59 Å². The van der Waals surface area contributed by atoms with Crippen molar-refractivity contribution in [2.24, 2.45) is 5.73 Å². The zero-order valence-electron chi connectivity index (χ0n) is 15.0. The van der Waals surface area contributed by atoms with Gasteiger partial charge in [0, 0.05) is 5.56 Å². The van der Waals surface area contributed by atoms with Crippen molar-refractivity contribution in [3.8, 4) is 11.3 Å². The van der Waals surface area contributed by atoms with Gasteiger partial charge in [0.05, 0.1) is 23.2 Å². The number of nitrogens with zero attached hydrogens (tertiary/aromatic N) is 1. The van der Waals surface area contributed by atoms with Gasteiger partial charge in [0.15, 0.2) is 5.76 Å². The molecule has 0 bridgehead atoms.